The third-order valence-electron chi connectivity index (χ3n) is 6.26. The third kappa shape index (κ3) is 4.41. The monoisotopic (exact) mass is 577 g/mol. The van der Waals surface area contributed by atoms with Gasteiger partial charge in [0.1, 0.15) is 45.0 Å². The van der Waals surface area contributed by atoms with Crippen molar-refractivity contribution >= 4 is 43.0 Å². The first kappa shape index (κ1) is 26.1. The van der Waals surface area contributed by atoms with Crippen LogP contribution >= 0.6 is 22.9 Å². The first-order chi connectivity index (χ1) is 18.0. The molecule has 0 bridgehead atoms. The van der Waals surface area contributed by atoms with Gasteiger partial charge in [0.2, 0.25) is 9.84 Å². The highest BCUT2D eigenvalue weighted by Gasteiger charge is 2.41. The highest BCUT2D eigenvalue weighted by Crippen LogP contribution is 2.37. The average Bonchev–Trinajstić information content (AvgIpc) is 3.54. The summed E-state index contributed by atoms with van der Waals surface area (Å²) in [6, 6.07) is 7.15. The van der Waals surface area contributed by atoms with E-state index in [1.54, 1.807) is 0 Å². The van der Waals surface area contributed by atoms with Gasteiger partial charge in [-0.1, -0.05) is 17.7 Å². The van der Waals surface area contributed by atoms with Crippen molar-refractivity contribution in [2.24, 2.45) is 0 Å². The van der Waals surface area contributed by atoms with E-state index in [9.17, 15) is 27.1 Å². The summed E-state index contributed by atoms with van der Waals surface area (Å²) in [6.45, 7) is 1.13. The molecule has 5 rings (SSSR count). The molecular formula is C24H18ClF2N5O4S2. The minimum absolute atomic E-state index is 0.0186. The lowest BCUT2D eigenvalue weighted by molar-refractivity contribution is -0.0343. The van der Waals surface area contributed by atoms with Crippen molar-refractivity contribution in [1.82, 2.24) is 24.3 Å². The Morgan fingerprint density at radius 3 is 2.55 bits per heavy atom. The Bertz CT molecular complexity index is 1810. The molecule has 38 heavy (non-hydrogen) atoms. The van der Waals surface area contributed by atoms with E-state index in [4.69, 9.17) is 11.6 Å². The second kappa shape index (κ2) is 9.66. The molecule has 0 aliphatic heterocycles. The molecule has 9 nitrogen and oxygen atoms in total. The molecule has 2 atom stereocenters. The lowest BCUT2D eigenvalue weighted by Gasteiger charge is -2.35. The summed E-state index contributed by atoms with van der Waals surface area (Å²) >= 11 is 6.75. The van der Waals surface area contributed by atoms with Gasteiger partial charge in [-0.05, 0) is 37.3 Å². The van der Waals surface area contributed by atoms with E-state index >= 15 is 0 Å². The summed E-state index contributed by atoms with van der Waals surface area (Å²) in [5.74, 6) is -1.86. The molecule has 0 radical (unpaired) electrons. The smallest absolute Gasteiger partial charge is 0.271 e. The van der Waals surface area contributed by atoms with Crippen molar-refractivity contribution in [2.45, 2.75) is 34.9 Å². The predicted octanol–water partition coefficient (Wildman–Crippen LogP) is 3.96. The molecule has 5 aromatic rings. The van der Waals surface area contributed by atoms with Gasteiger partial charge in [0, 0.05) is 22.0 Å². The van der Waals surface area contributed by atoms with Crippen LogP contribution in [0.3, 0.4) is 0 Å². The van der Waals surface area contributed by atoms with Crippen molar-refractivity contribution in [1.29, 1.82) is 0 Å². The first-order valence-electron chi connectivity index (χ1n) is 11.0. The van der Waals surface area contributed by atoms with Crippen LogP contribution in [-0.2, 0) is 22.0 Å². The zero-order valence-corrected chi connectivity index (χ0v) is 21.9. The number of nitrogens with zero attached hydrogens (tertiary/aromatic N) is 5. The number of rotatable bonds is 7. The molecular weight excluding hydrogens is 560 g/mol. The van der Waals surface area contributed by atoms with E-state index in [2.05, 4.69) is 15.1 Å². The Labute approximate surface area is 223 Å². The SMILES string of the molecule is CC(n1cnc2c(S(=O)(=O)c3ccc(Cl)cc3)csc2c1=O)C(O)(Cn1cncn1)c1ccc(F)cc1F. The Kier molecular flexibility index (Phi) is 6.63. The standard InChI is InChI=1S/C24H18ClF2N5O4S2/c1-14(24(34,10-31-12-28-11-30-31)18-7-4-16(26)8-19(18)27)32-13-29-21-20(9-37-22(21)23(32)33)38(35,36)17-5-2-15(25)3-6-17/h2-9,11-14,34H,10H2,1H3. The van der Waals surface area contributed by atoms with Crippen molar-refractivity contribution in [3.63, 3.8) is 0 Å². The second-order valence-corrected chi connectivity index (χ2v) is 11.7. The number of fused-ring (bicyclic) bond motifs is 1. The fourth-order valence-corrected chi connectivity index (χ4v) is 7.00. The highest BCUT2D eigenvalue weighted by molar-refractivity contribution is 7.92. The predicted molar refractivity (Wildman–Crippen MR) is 136 cm³/mol. The van der Waals surface area contributed by atoms with Crippen molar-refractivity contribution in [3.05, 3.63) is 99.4 Å². The highest BCUT2D eigenvalue weighted by atomic mass is 35.5. The topological polar surface area (TPSA) is 120 Å². The molecule has 196 valence electrons. The fourth-order valence-electron chi connectivity index (χ4n) is 4.18. The first-order valence-corrected chi connectivity index (χ1v) is 13.8. The van der Waals surface area contributed by atoms with E-state index in [1.165, 1.54) is 53.9 Å². The van der Waals surface area contributed by atoms with Crippen LogP contribution < -0.4 is 5.56 Å². The van der Waals surface area contributed by atoms with Gasteiger partial charge in [0.25, 0.3) is 5.56 Å². The molecule has 0 saturated carbocycles. The van der Waals surface area contributed by atoms with E-state index < -0.39 is 38.7 Å². The number of aliphatic hydroxyl groups is 1. The summed E-state index contributed by atoms with van der Waals surface area (Å²) in [4.78, 5) is 21.4. The molecule has 0 saturated heterocycles. The van der Waals surface area contributed by atoms with Gasteiger partial charge in [-0.3, -0.25) is 9.36 Å². The molecule has 0 fully saturated rings. The van der Waals surface area contributed by atoms with Crippen LogP contribution in [0, 0.1) is 11.6 Å². The molecule has 0 aliphatic carbocycles. The molecule has 0 spiro atoms. The van der Waals surface area contributed by atoms with Crippen LogP contribution in [-0.4, -0.2) is 37.8 Å². The van der Waals surface area contributed by atoms with E-state index in [0.29, 0.717) is 11.1 Å². The summed E-state index contributed by atoms with van der Waals surface area (Å²) in [7, 11) is -4.02. The Morgan fingerprint density at radius 1 is 1.16 bits per heavy atom. The maximum absolute atomic E-state index is 14.9. The minimum Gasteiger partial charge on any atom is -0.381 e. The van der Waals surface area contributed by atoms with Gasteiger partial charge < -0.3 is 5.11 Å². The van der Waals surface area contributed by atoms with Crippen LogP contribution in [0.5, 0.6) is 0 Å². The molecule has 2 unspecified atom stereocenters. The lowest BCUT2D eigenvalue weighted by atomic mass is 9.86. The maximum Gasteiger partial charge on any atom is 0.271 e. The van der Waals surface area contributed by atoms with Gasteiger partial charge in [0.15, 0.2) is 0 Å². The van der Waals surface area contributed by atoms with Crippen LogP contribution in [0.25, 0.3) is 10.2 Å². The number of sulfone groups is 1. The zero-order valence-electron chi connectivity index (χ0n) is 19.5. The normalized spacial score (nSPS) is 14.4. The number of aromatic nitrogens is 5. The summed E-state index contributed by atoms with van der Waals surface area (Å²) in [5.41, 5.74) is -3.07. The number of halogens is 3. The average molecular weight is 578 g/mol. The van der Waals surface area contributed by atoms with Crippen LogP contribution in [0.1, 0.15) is 18.5 Å². The minimum atomic E-state index is -4.02. The van der Waals surface area contributed by atoms with Crippen LogP contribution in [0.2, 0.25) is 5.02 Å². The molecule has 2 aromatic carbocycles. The van der Waals surface area contributed by atoms with Gasteiger partial charge in [-0.2, -0.15) is 5.10 Å². The van der Waals surface area contributed by atoms with E-state index in [0.717, 1.165) is 34.4 Å². The van der Waals surface area contributed by atoms with Gasteiger partial charge in [-0.25, -0.2) is 31.8 Å². The number of thiophene rings is 1. The summed E-state index contributed by atoms with van der Waals surface area (Å²) < 4.78 is 57.4. The van der Waals surface area contributed by atoms with Crippen molar-refractivity contribution < 1.29 is 22.3 Å². The van der Waals surface area contributed by atoms with E-state index in [-0.39, 0.29) is 32.1 Å². The zero-order chi connectivity index (χ0) is 27.2. The van der Waals surface area contributed by atoms with Gasteiger partial charge in [0.05, 0.1) is 23.8 Å². The van der Waals surface area contributed by atoms with E-state index in [1.807, 2.05) is 0 Å². The van der Waals surface area contributed by atoms with Crippen LogP contribution in [0.4, 0.5) is 8.78 Å². The molecule has 0 amide bonds. The third-order valence-corrected chi connectivity index (χ3v) is 9.40. The second-order valence-electron chi connectivity index (χ2n) is 8.51. The lowest BCUT2D eigenvalue weighted by Crippen LogP contribution is -2.43. The molecule has 1 N–H and O–H groups in total. The van der Waals surface area contributed by atoms with Gasteiger partial charge in [-0.15, -0.1) is 11.3 Å². The molecule has 3 aromatic heterocycles. The Balaban J connectivity index is 1.62. The van der Waals surface area contributed by atoms with Crippen LogP contribution in [0.15, 0.2) is 81.4 Å². The summed E-state index contributed by atoms with van der Waals surface area (Å²) in [6.07, 6.45) is 3.62. The Morgan fingerprint density at radius 2 is 1.89 bits per heavy atom. The molecule has 3 heterocycles. The van der Waals surface area contributed by atoms with Crippen molar-refractivity contribution in [2.75, 3.05) is 0 Å². The Hall–Kier alpha value is -3.52. The quantitative estimate of drug-likeness (QED) is 0.311. The molecule has 14 heteroatoms. The van der Waals surface area contributed by atoms with Crippen molar-refractivity contribution in [3.8, 4) is 0 Å². The summed E-state index contributed by atoms with van der Waals surface area (Å²) in [5, 5.41) is 17.5. The number of benzene rings is 2. The fraction of sp³-hybridized carbons (Fsp3) is 0.167. The molecule has 0 aliphatic rings. The number of hydrogen-bond donors (Lipinski definition) is 1. The maximum atomic E-state index is 14.9. The largest absolute Gasteiger partial charge is 0.381 e. The number of hydrogen-bond acceptors (Lipinski definition) is 8. The van der Waals surface area contributed by atoms with Gasteiger partial charge >= 0.3 is 0 Å².